The van der Waals surface area contributed by atoms with Crippen molar-refractivity contribution in [1.82, 2.24) is 4.90 Å². The Labute approximate surface area is 81.3 Å². The van der Waals surface area contributed by atoms with Gasteiger partial charge < -0.3 is 4.90 Å². The van der Waals surface area contributed by atoms with Gasteiger partial charge in [-0.15, -0.1) is 0 Å². The molecule has 0 aromatic heterocycles. The molecule has 0 atom stereocenters. The van der Waals surface area contributed by atoms with E-state index in [9.17, 15) is 4.79 Å². The highest BCUT2D eigenvalue weighted by atomic mass is 16.2. The smallest absolute Gasteiger partial charge is 0.222 e. The first kappa shape index (κ1) is 10.6. The summed E-state index contributed by atoms with van der Waals surface area (Å²) in [6.07, 6.45) is 9.58. The molecule has 1 fully saturated rings. The maximum Gasteiger partial charge on any atom is 0.222 e. The minimum absolute atomic E-state index is 0.335. The van der Waals surface area contributed by atoms with Gasteiger partial charge in [0.25, 0.3) is 0 Å². The zero-order valence-corrected chi connectivity index (χ0v) is 8.72. The van der Waals surface area contributed by atoms with Gasteiger partial charge in [0.05, 0.1) is 0 Å². The summed E-state index contributed by atoms with van der Waals surface area (Å²) in [5.74, 6) is 0.335. The third kappa shape index (κ3) is 4.30. The third-order valence-corrected chi connectivity index (χ3v) is 2.81. The Hall–Kier alpha value is -0.530. The van der Waals surface area contributed by atoms with Gasteiger partial charge in [-0.05, 0) is 12.8 Å². The van der Waals surface area contributed by atoms with Gasteiger partial charge in [0.1, 0.15) is 0 Å². The molecule has 0 bridgehead atoms. The molecule has 0 aromatic rings. The first-order valence-electron chi connectivity index (χ1n) is 5.54. The second kappa shape index (κ2) is 6.01. The molecule has 0 aliphatic carbocycles. The SMILES string of the molecule is CN1CCCCCCCCCC1=O. The summed E-state index contributed by atoms with van der Waals surface area (Å²) in [4.78, 5) is 13.4. The van der Waals surface area contributed by atoms with Gasteiger partial charge in [0.2, 0.25) is 5.91 Å². The van der Waals surface area contributed by atoms with E-state index in [0.717, 1.165) is 19.4 Å². The largest absolute Gasteiger partial charge is 0.346 e. The molecule has 13 heavy (non-hydrogen) atoms. The fourth-order valence-electron chi connectivity index (χ4n) is 1.82. The predicted molar refractivity (Wildman–Crippen MR) is 54.6 cm³/mol. The molecule has 0 N–H and O–H groups in total. The van der Waals surface area contributed by atoms with Crippen LogP contribution in [0.25, 0.3) is 0 Å². The first-order chi connectivity index (χ1) is 6.30. The van der Waals surface area contributed by atoms with E-state index >= 15 is 0 Å². The van der Waals surface area contributed by atoms with E-state index in [2.05, 4.69) is 0 Å². The van der Waals surface area contributed by atoms with Crippen LogP contribution in [0.15, 0.2) is 0 Å². The van der Waals surface area contributed by atoms with Gasteiger partial charge in [-0.25, -0.2) is 0 Å². The standard InChI is InChI=1S/C11H21NO/c1-12-10-8-6-4-2-3-5-7-9-11(12)13/h2-10H2,1H3. The summed E-state index contributed by atoms with van der Waals surface area (Å²) in [5.41, 5.74) is 0. The quantitative estimate of drug-likeness (QED) is 0.565. The summed E-state index contributed by atoms with van der Waals surface area (Å²) in [6, 6.07) is 0. The van der Waals surface area contributed by atoms with E-state index in [0.29, 0.717) is 5.91 Å². The molecule has 1 aliphatic rings. The van der Waals surface area contributed by atoms with Crippen molar-refractivity contribution in [2.45, 2.75) is 51.4 Å². The minimum atomic E-state index is 0.335. The van der Waals surface area contributed by atoms with Crippen molar-refractivity contribution in [1.29, 1.82) is 0 Å². The average Bonchev–Trinajstić information content (AvgIpc) is 2.16. The van der Waals surface area contributed by atoms with E-state index in [1.54, 1.807) is 0 Å². The fraction of sp³-hybridized carbons (Fsp3) is 0.909. The van der Waals surface area contributed by atoms with Gasteiger partial charge in [-0.1, -0.05) is 32.1 Å². The van der Waals surface area contributed by atoms with Crippen LogP contribution in [0, 0.1) is 0 Å². The van der Waals surface area contributed by atoms with Crippen molar-refractivity contribution >= 4 is 5.91 Å². The molecule has 1 saturated heterocycles. The maximum atomic E-state index is 11.5. The Morgan fingerprint density at radius 1 is 0.923 bits per heavy atom. The lowest BCUT2D eigenvalue weighted by molar-refractivity contribution is -0.130. The molecule has 1 rings (SSSR count). The molecule has 1 heterocycles. The van der Waals surface area contributed by atoms with Crippen molar-refractivity contribution < 1.29 is 4.79 Å². The number of rotatable bonds is 0. The van der Waals surface area contributed by atoms with Crippen molar-refractivity contribution in [2.24, 2.45) is 0 Å². The van der Waals surface area contributed by atoms with Crippen molar-refractivity contribution in [3.05, 3.63) is 0 Å². The first-order valence-corrected chi connectivity index (χ1v) is 5.54. The van der Waals surface area contributed by atoms with Gasteiger partial charge >= 0.3 is 0 Å². The summed E-state index contributed by atoms with van der Waals surface area (Å²) in [6.45, 7) is 0.957. The number of nitrogens with zero attached hydrogens (tertiary/aromatic N) is 1. The summed E-state index contributed by atoms with van der Waals surface area (Å²) in [7, 11) is 1.93. The lowest BCUT2D eigenvalue weighted by Crippen LogP contribution is -2.27. The van der Waals surface area contributed by atoms with Crippen LogP contribution in [0.3, 0.4) is 0 Å². The lowest BCUT2D eigenvalue weighted by Gasteiger charge is -2.16. The summed E-state index contributed by atoms with van der Waals surface area (Å²) in [5, 5.41) is 0. The Morgan fingerprint density at radius 2 is 1.46 bits per heavy atom. The number of hydrogen-bond acceptors (Lipinski definition) is 1. The molecule has 1 aliphatic heterocycles. The van der Waals surface area contributed by atoms with Crippen LogP contribution < -0.4 is 0 Å². The molecular weight excluding hydrogens is 162 g/mol. The molecule has 0 saturated carbocycles. The Morgan fingerprint density at radius 3 is 2.15 bits per heavy atom. The molecule has 76 valence electrons. The molecule has 0 spiro atoms. The monoisotopic (exact) mass is 183 g/mol. The predicted octanol–water partition coefficient (Wildman–Crippen LogP) is 2.58. The zero-order chi connectivity index (χ0) is 9.52. The van der Waals surface area contributed by atoms with E-state index in [-0.39, 0.29) is 0 Å². The maximum absolute atomic E-state index is 11.5. The molecular formula is C11H21NO. The number of carbonyl (C=O) groups is 1. The van der Waals surface area contributed by atoms with Crippen LogP contribution >= 0.6 is 0 Å². The van der Waals surface area contributed by atoms with Crippen LogP contribution in [0.5, 0.6) is 0 Å². The molecule has 2 heteroatoms. The van der Waals surface area contributed by atoms with Gasteiger partial charge in [0, 0.05) is 20.0 Å². The highest BCUT2D eigenvalue weighted by Gasteiger charge is 2.08. The van der Waals surface area contributed by atoms with E-state index in [4.69, 9.17) is 0 Å². The highest BCUT2D eigenvalue weighted by Crippen LogP contribution is 2.11. The van der Waals surface area contributed by atoms with Crippen LogP contribution in [-0.2, 0) is 4.79 Å². The number of carbonyl (C=O) groups excluding carboxylic acids is 1. The number of amides is 1. The average molecular weight is 183 g/mol. The third-order valence-electron chi connectivity index (χ3n) is 2.81. The Bertz CT molecular complexity index is 156. The van der Waals surface area contributed by atoms with Gasteiger partial charge in [-0.3, -0.25) is 4.79 Å². The Kier molecular flexibility index (Phi) is 4.87. The normalized spacial score (nSPS) is 22.5. The van der Waals surface area contributed by atoms with Crippen LogP contribution in [0.1, 0.15) is 51.4 Å². The molecule has 0 radical (unpaired) electrons. The topological polar surface area (TPSA) is 20.3 Å². The Balaban J connectivity index is 2.31. The van der Waals surface area contributed by atoms with Crippen LogP contribution in [0.2, 0.25) is 0 Å². The molecule has 2 nitrogen and oxygen atoms in total. The lowest BCUT2D eigenvalue weighted by atomic mass is 10.1. The molecule has 1 amide bonds. The van der Waals surface area contributed by atoms with E-state index < -0.39 is 0 Å². The fourth-order valence-corrected chi connectivity index (χ4v) is 1.82. The second-order valence-corrected chi connectivity index (χ2v) is 4.04. The van der Waals surface area contributed by atoms with Crippen LogP contribution in [-0.4, -0.2) is 24.4 Å². The van der Waals surface area contributed by atoms with Crippen molar-refractivity contribution in [2.75, 3.05) is 13.6 Å². The highest BCUT2D eigenvalue weighted by molar-refractivity contribution is 5.75. The summed E-state index contributed by atoms with van der Waals surface area (Å²) >= 11 is 0. The van der Waals surface area contributed by atoms with Crippen molar-refractivity contribution in [3.8, 4) is 0 Å². The summed E-state index contributed by atoms with van der Waals surface area (Å²) < 4.78 is 0. The number of hydrogen-bond donors (Lipinski definition) is 0. The molecule has 0 aromatic carbocycles. The van der Waals surface area contributed by atoms with E-state index in [1.165, 1.54) is 38.5 Å². The van der Waals surface area contributed by atoms with E-state index in [1.807, 2.05) is 11.9 Å². The van der Waals surface area contributed by atoms with Gasteiger partial charge in [-0.2, -0.15) is 0 Å². The zero-order valence-electron chi connectivity index (χ0n) is 8.72. The minimum Gasteiger partial charge on any atom is -0.346 e. The van der Waals surface area contributed by atoms with Crippen molar-refractivity contribution in [3.63, 3.8) is 0 Å². The van der Waals surface area contributed by atoms with Crippen LogP contribution in [0.4, 0.5) is 0 Å². The molecule has 0 unspecified atom stereocenters. The van der Waals surface area contributed by atoms with Gasteiger partial charge in [0.15, 0.2) is 0 Å². The second-order valence-electron chi connectivity index (χ2n) is 4.04.